The molecule has 0 radical (unpaired) electrons. The minimum absolute atomic E-state index is 0.124. The summed E-state index contributed by atoms with van der Waals surface area (Å²) in [7, 11) is -0.294. The maximum absolute atomic E-state index is 8.32. The summed E-state index contributed by atoms with van der Waals surface area (Å²) in [5.74, 6) is 0. The maximum Gasteiger partial charge on any atom is 0.0908 e. The first-order chi connectivity index (χ1) is 3.77. The van der Waals surface area contributed by atoms with E-state index in [-0.39, 0.29) is 20.6 Å². The molecular formula is C4H10Cl2OSi. The van der Waals surface area contributed by atoms with Crippen LogP contribution in [0.5, 0.6) is 0 Å². The fourth-order valence-electron chi connectivity index (χ4n) is 0.410. The molecule has 0 aliphatic rings. The van der Waals surface area contributed by atoms with Gasteiger partial charge < -0.3 is 5.11 Å². The van der Waals surface area contributed by atoms with Gasteiger partial charge in [-0.05, 0) is 6.42 Å². The van der Waals surface area contributed by atoms with Gasteiger partial charge in [0.15, 0.2) is 0 Å². The van der Waals surface area contributed by atoms with Gasteiger partial charge in [0.1, 0.15) is 0 Å². The molecule has 8 heavy (non-hydrogen) atoms. The van der Waals surface area contributed by atoms with Gasteiger partial charge in [-0.2, -0.15) is 0 Å². The molecule has 4 heteroatoms. The number of alkyl halides is 2. The largest absolute Gasteiger partial charge is 0.396 e. The van der Waals surface area contributed by atoms with Gasteiger partial charge in [0.25, 0.3) is 0 Å². The normalized spacial score (nSPS) is 12.0. The maximum atomic E-state index is 8.32. The van der Waals surface area contributed by atoms with E-state index in [0.717, 1.165) is 12.5 Å². The average molecular weight is 173 g/mol. The van der Waals surface area contributed by atoms with Gasteiger partial charge in [-0.15, -0.1) is 23.2 Å². The molecule has 0 saturated heterocycles. The lowest BCUT2D eigenvalue weighted by Crippen LogP contribution is -2.00. The van der Waals surface area contributed by atoms with E-state index in [1.807, 2.05) is 0 Å². The van der Waals surface area contributed by atoms with E-state index in [1.165, 1.54) is 0 Å². The fraction of sp³-hybridized carbons (Fsp3) is 1.00. The van der Waals surface area contributed by atoms with Crippen LogP contribution >= 0.6 is 23.2 Å². The molecule has 0 unspecified atom stereocenters. The lowest BCUT2D eigenvalue weighted by Gasteiger charge is -1.95. The predicted octanol–water partition coefficient (Wildman–Crippen LogP) is 0.717. The molecule has 50 valence electrons. The van der Waals surface area contributed by atoms with Gasteiger partial charge in [0.2, 0.25) is 0 Å². The minimum atomic E-state index is -0.294. The lowest BCUT2D eigenvalue weighted by atomic mass is 10.5. The molecule has 0 saturated carbocycles. The van der Waals surface area contributed by atoms with Crippen molar-refractivity contribution in [3.05, 3.63) is 0 Å². The summed E-state index contributed by atoms with van der Waals surface area (Å²) in [6.07, 6.45) is 0.863. The Kier molecular flexibility index (Phi) is 6.44. The highest BCUT2D eigenvalue weighted by Crippen LogP contribution is 2.02. The van der Waals surface area contributed by atoms with E-state index in [4.69, 9.17) is 28.3 Å². The Morgan fingerprint density at radius 3 is 2.50 bits per heavy atom. The van der Waals surface area contributed by atoms with E-state index < -0.39 is 0 Å². The summed E-state index contributed by atoms with van der Waals surface area (Å²) >= 11 is 10.9. The second-order valence-corrected chi connectivity index (χ2v) is 6.02. The second-order valence-electron chi connectivity index (χ2n) is 1.61. The van der Waals surface area contributed by atoms with Crippen LogP contribution in [0.1, 0.15) is 6.42 Å². The molecule has 0 aliphatic heterocycles. The van der Waals surface area contributed by atoms with E-state index in [9.17, 15) is 0 Å². The standard InChI is InChI=1S/C4H10Cl2OSi/c5-4(6)8-3-1-2-7/h4,7H,1-3,8H2. The molecule has 0 atom stereocenters. The molecule has 1 nitrogen and oxygen atoms in total. The van der Waals surface area contributed by atoms with E-state index in [1.54, 1.807) is 0 Å². The van der Waals surface area contributed by atoms with Gasteiger partial charge in [-0.3, -0.25) is 0 Å². The van der Waals surface area contributed by atoms with Crippen LogP contribution < -0.4 is 0 Å². The van der Waals surface area contributed by atoms with Crippen LogP contribution in [0.25, 0.3) is 0 Å². The second kappa shape index (κ2) is 5.89. The average Bonchev–Trinajstić information content (AvgIpc) is 1.66. The van der Waals surface area contributed by atoms with Crippen molar-refractivity contribution in [2.24, 2.45) is 0 Å². The lowest BCUT2D eigenvalue weighted by molar-refractivity contribution is 0.295. The number of rotatable bonds is 4. The minimum Gasteiger partial charge on any atom is -0.396 e. The molecule has 0 rings (SSSR count). The summed E-state index contributed by atoms with van der Waals surface area (Å²) in [5, 5.41) is 8.32. The molecule has 0 aromatic rings. The number of hydrogen-bond donors (Lipinski definition) is 1. The van der Waals surface area contributed by atoms with Crippen LogP contribution in [0.4, 0.5) is 0 Å². The smallest absolute Gasteiger partial charge is 0.0908 e. The highest BCUT2D eigenvalue weighted by atomic mass is 35.5. The third-order valence-corrected chi connectivity index (χ3v) is 3.48. The zero-order valence-electron chi connectivity index (χ0n) is 4.61. The molecule has 0 aliphatic carbocycles. The van der Waals surface area contributed by atoms with Crippen molar-refractivity contribution in [2.75, 3.05) is 6.61 Å². The summed E-state index contributed by atoms with van der Waals surface area (Å²) in [4.78, 5) is 0. The van der Waals surface area contributed by atoms with Crippen LogP contribution in [0, 0.1) is 0 Å². The highest BCUT2D eigenvalue weighted by molar-refractivity contribution is 6.68. The third kappa shape index (κ3) is 6.76. The Morgan fingerprint density at radius 1 is 1.50 bits per heavy atom. The number of aliphatic hydroxyl groups is 1. The summed E-state index contributed by atoms with van der Waals surface area (Å²) < 4.78 is -0.124. The highest BCUT2D eigenvalue weighted by Gasteiger charge is 1.96. The number of halogens is 2. The molecule has 1 N–H and O–H groups in total. The molecule has 0 spiro atoms. The Morgan fingerprint density at radius 2 is 2.12 bits per heavy atom. The predicted molar refractivity (Wildman–Crippen MR) is 40.5 cm³/mol. The molecule has 0 aromatic heterocycles. The van der Waals surface area contributed by atoms with E-state index in [2.05, 4.69) is 0 Å². The van der Waals surface area contributed by atoms with Crippen molar-refractivity contribution in [1.82, 2.24) is 0 Å². The van der Waals surface area contributed by atoms with Gasteiger partial charge in [0, 0.05) is 6.61 Å². The topological polar surface area (TPSA) is 20.2 Å². The molecular weight excluding hydrogens is 163 g/mol. The van der Waals surface area contributed by atoms with Crippen molar-refractivity contribution in [1.29, 1.82) is 0 Å². The number of hydrogen-bond acceptors (Lipinski definition) is 1. The Bertz CT molecular complexity index is 51.3. The summed E-state index contributed by atoms with van der Waals surface area (Å²) in [6.45, 7) is 0.271. The molecule has 0 fully saturated rings. The Hall–Kier alpha value is 0.757. The Balaban J connectivity index is 2.72. The van der Waals surface area contributed by atoms with Gasteiger partial charge >= 0.3 is 0 Å². The zero-order valence-corrected chi connectivity index (χ0v) is 7.53. The first-order valence-electron chi connectivity index (χ1n) is 2.66. The fourth-order valence-corrected chi connectivity index (χ4v) is 2.16. The van der Waals surface area contributed by atoms with Gasteiger partial charge in [-0.25, -0.2) is 0 Å². The molecule has 0 aromatic carbocycles. The van der Waals surface area contributed by atoms with Crippen molar-refractivity contribution in [3.63, 3.8) is 0 Å². The molecule has 0 heterocycles. The van der Waals surface area contributed by atoms with Crippen molar-refractivity contribution in [2.45, 2.75) is 16.9 Å². The van der Waals surface area contributed by atoms with Crippen molar-refractivity contribution < 1.29 is 5.11 Å². The van der Waals surface area contributed by atoms with Crippen molar-refractivity contribution in [3.8, 4) is 0 Å². The number of aliphatic hydroxyl groups excluding tert-OH is 1. The van der Waals surface area contributed by atoms with Crippen molar-refractivity contribution >= 4 is 32.7 Å². The molecule has 0 amide bonds. The van der Waals surface area contributed by atoms with E-state index in [0.29, 0.717) is 0 Å². The van der Waals surface area contributed by atoms with Crippen LogP contribution in [0.3, 0.4) is 0 Å². The van der Waals surface area contributed by atoms with Gasteiger partial charge in [0.05, 0.1) is 14.0 Å². The monoisotopic (exact) mass is 172 g/mol. The molecule has 0 bridgehead atoms. The first kappa shape index (κ1) is 8.76. The van der Waals surface area contributed by atoms with E-state index >= 15 is 0 Å². The third-order valence-electron chi connectivity index (χ3n) is 0.830. The zero-order chi connectivity index (χ0) is 6.41. The van der Waals surface area contributed by atoms with Crippen LogP contribution in [-0.2, 0) is 0 Å². The van der Waals surface area contributed by atoms with Gasteiger partial charge in [-0.1, -0.05) is 6.04 Å². The Labute approximate surface area is 61.8 Å². The summed E-state index contributed by atoms with van der Waals surface area (Å²) in [6, 6.07) is 1.05. The quantitative estimate of drug-likeness (QED) is 0.377. The first-order valence-corrected chi connectivity index (χ1v) is 5.35. The van der Waals surface area contributed by atoms with Crippen LogP contribution in [-0.4, -0.2) is 25.7 Å². The summed E-state index contributed by atoms with van der Waals surface area (Å²) in [5.41, 5.74) is 0. The van der Waals surface area contributed by atoms with Crippen LogP contribution in [0.15, 0.2) is 0 Å². The van der Waals surface area contributed by atoms with Crippen LogP contribution in [0.2, 0.25) is 6.04 Å². The SMILES string of the molecule is OCCC[SiH2]C(Cl)Cl.